The van der Waals surface area contributed by atoms with Crippen molar-refractivity contribution in [3.8, 4) is 0 Å². The molecule has 3 aromatic carbocycles. The summed E-state index contributed by atoms with van der Waals surface area (Å²) in [5.41, 5.74) is 5.56. The van der Waals surface area contributed by atoms with Crippen LogP contribution in [0.4, 0.5) is 11.4 Å². The molecule has 4 nitrogen and oxygen atoms in total. The number of nitrogens with zero attached hydrogens (tertiary/aromatic N) is 2. The molecule has 0 aliphatic carbocycles. The Hall–Kier alpha value is -3.40. The van der Waals surface area contributed by atoms with E-state index < -0.39 is 6.04 Å². The summed E-state index contributed by atoms with van der Waals surface area (Å²) in [7, 11) is 0. The van der Waals surface area contributed by atoms with Gasteiger partial charge in [-0.25, -0.2) is 0 Å². The number of benzene rings is 3. The fourth-order valence-electron chi connectivity index (χ4n) is 3.83. The van der Waals surface area contributed by atoms with Crippen LogP contribution in [-0.2, 0) is 9.59 Å². The van der Waals surface area contributed by atoms with E-state index in [2.05, 4.69) is 0 Å². The molecule has 1 aliphatic heterocycles. The van der Waals surface area contributed by atoms with E-state index in [9.17, 15) is 9.59 Å². The third-order valence-electron chi connectivity index (χ3n) is 5.62. The number of amides is 2. The number of hydrogen-bond donors (Lipinski definition) is 0. The van der Waals surface area contributed by atoms with Crippen molar-refractivity contribution >= 4 is 23.2 Å². The molecule has 1 atom stereocenters. The predicted molar refractivity (Wildman–Crippen MR) is 116 cm³/mol. The first-order valence-electron chi connectivity index (χ1n) is 9.78. The van der Waals surface area contributed by atoms with Crippen LogP contribution in [0.1, 0.15) is 28.3 Å². The van der Waals surface area contributed by atoms with Crippen LogP contribution in [-0.4, -0.2) is 18.4 Å². The summed E-state index contributed by atoms with van der Waals surface area (Å²) in [6.45, 7) is 6.04. The van der Waals surface area contributed by atoms with E-state index in [1.54, 1.807) is 9.80 Å². The molecule has 0 spiro atoms. The van der Waals surface area contributed by atoms with Crippen LogP contribution in [0.2, 0.25) is 0 Å². The Balaban J connectivity index is 1.84. The van der Waals surface area contributed by atoms with Crippen molar-refractivity contribution < 1.29 is 9.59 Å². The normalized spacial score (nSPS) is 17.0. The second-order valence-electron chi connectivity index (χ2n) is 7.56. The lowest BCUT2D eigenvalue weighted by Gasteiger charge is -2.41. The molecule has 3 aromatic rings. The molecule has 1 heterocycles. The molecule has 1 unspecified atom stereocenters. The predicted octanol–water partition coefficient (Wildman–Crippen LogP) is 4.73. The van der Waals surface area contributed by atoms with Crippen molar-refractivity contribution in [2.75, 3.05) is 16.3 Å². The first-order valence-corrected chi connectivity index (χ1v) is 9.78. The lowest BCUT2D eigenvalue weighted by molar-refractivity contribution is -0.128. The molecule has 146 valence electrons. The summed E-state index contributed by atoms with van der Waals surface area (Å²) < 4.78 is 0. The van der Waals surface area contributed by atoms with E-state index in [0.29, 0.717) is 0 Å². The van der Waals surface area contributed by atoms with E-state index in [1.807, 2.05) is 93.6 Å². The highest BCUT2D eigenvalue weighted by Gasteiger charge is 2.42. The van der Waals surface area contributed by atoms with Crippen molar-refractivity contribution in [1.82, 2.24) is 0 Å². The molecule has 1 aliphatic rings. The number of piperazine rings is 1. The van der Waals surface area contributed by atoms with Gasteiger partial charge in [0.05, 0.1) is 0 Å². The second-order valence-corrected chi connectivity index (χ2v) is 7.56. The average molecular weight is 384 g/mol. The van der Waals surface area contributed by atoms with E-state index in [1.165, 1.54) is 0 Å². The van der Waals surface area contributed by atoms with E-state index in [-0.39, 0.29) is 18.4 Å². The molecule has 0 radical (unpaired) electrons. The van der Waals surface area contributed by atoms with Crippen LogP contribution in [0.25, 0.3) is 0 Å². The highest BCUT2D eigenvalue weighted by atomic mass is 16.2. The molecule has 2 amide bonds. The Morgan fingerprint density at radius 3 is 2.17 bits per heavy atom. The molecule has 1 fully saturated rings. The lowest BCUT2D eigenvalue weighted by atomic mass is 9.97. The van der Waals surface area contributed by atoms with Crippen LogP contribution in [0.3, 0.4) is 0 Å². The van der Waals surface area contributed by atoms with E-state index >= 15 is 0 Å². The minimum absolute atomic E-state index is 0.0264. The lowest BCUT2D eigenvalue weighted by Crippen LogP contribution is -2.56. The molecule has 0 aromatic heterocycles. The number of anilines is 2. The Bertz CT molecular complexity index is 1060. The first kappa shape index (κ1) is 18.9. The number of hydrogen-bond acceptors (Lipinski definition) is 2. The topological polar surface area (TPSA) is 40.6 Å². The zero-order chi connectivity index (χ0) is 20.5. The molecule has 4 heteroatoms. The zero-order valence-electron chi connectivity index (χ0n) is 16.9. The highest BCUT2D eigenvalue weighted by Crippen LogP contribution is 2.36. The maximum atomic E-state index is 13.7. The third-order valence-corrected chi connectivity index (χ3v) is 5.62. The van der Waals surface area contributed by atoms with Gasteiger partial charge in [0.25, 0.3) is 5.91 Å². The number of rotatable bonds is 3. The standard InChI is InChI=1S/C25H24N2O2/c1-17-12-14-21(15-13-17)26-16-23(28)27(22-11-7-8-18(2)19(22)3)24(25(26)29)20-9-5-4-6-10-20/h4-15,24H,16H2,1-3H3. The highest BCUT2D eigenvalue weighted by molar-refractivity contribution is 6.14. The van der Waals surface area contributed by atoms with Crippen LogP contribution in [0.15, 0.2) is 72.8 Å². The smallest absolute Gasteiger partial charge is 0.255 e. The van der Waals surface area contributed by atoms with Crippen molar-refractivity contribution in [2.45, 2.75) is 26.8 Å². The maximum absolute atomic E-state index is 13.7. The van der Waals surface area contributed by atoms with Crippen molar-refractivity contribution in [3.63, 3.8) is 0 Å². The van der Waals surface area contributed by atoms with Gasteiger partial charge in [0.15, 0.2) is 0 Å². The minimum Gasteiger partial charge on any atom is -0.301 e. The largest absolute Gasteiger partial charge is 0.301 e. The van der Waals surface area contributed by atoms with Gasteiger partial charge < -0.3 is 4.90 Å². The van der Waals surface area contributed by atoms with Crippen molar-refractivity contribution in [3.05, 3.63) is 95.1 Å². The number of carbonyl (C=O) groups excluding carboxylic acids is 2. The summed E-state index contributed by atoms with van der Waals surface area (Å²) >= 11 is 0. The van der Waals surface area contributed by atoms with Gasteiger partial charge in [0.1, 0.15) is 12.6 Å². The first-order chi connectivity index (χ1) is 14.0. The quantitative estimate of drug-likeness (QED) is 0.655. The summed E-state index contributed by atoms with van der Waals surface area (Å²) in [6, 6.07) is 22.4. The second kappa shape index (κ2) is 7.55. The Labute approximate surface area is 171 Å². The van der Waals surface area contributed by atoms with Crippen LogP contribution in [0.5, 0.6) is 0 Å². The third kappa shape index (κ3) is 3.42. The summed E-state index contributed by atoms with van der Waals surface area (Å²) in [6.07, 6.45) is 0. The zero-order valence-corrected chi connectivity index (χ0v) is 16.9. The molecule has 0 N–H and O–H groups in total. The summed E-state index contributed by atoms with van der Waals surface area (Å²) in [4.78, 5) is 30.3. The van der Waals surface area contributed by atoms with Gasteiger partial charge in [-0.2, -0.15) is 0 Å². The Morgan fingerprint density at radius 2 is 1.48 bits per heavy atom. The summed E-state index contributed by atoms with van der Waals surface area (Å²) in [5.74, 6) is -0.187. The van der Waals surface area contributed by atoms with Gasteiger partial charge in [0.2, 0.25) is 5.91 Å². The number of carbonyl (C=O) groups is 2. The minimum atomic E-state index is -0.695. The molecule has 4 rings (SSSR count). The monoisotopic (exact) mass is 384 g/mol. The van der Waals surface area contributed by atoms with Gasteiger partial charge in [-0.15, -0.1) is 0 Å². The molecule has 0 bridgehead atoms. The Kier molecular flexibility index (Phi) is 4.93. The fraction of sp³-hybridized carbons (Fsp3) is 0.200. The fourth-order valence-corrected chi connectivity index (χ4v) is 3.83. The van der Waals surface area contributed by atoms with Gasteiger partial charge in [-0.3, -0.25) is 14.5 Å². The van der Waals surface area contributed by atoms with Crippen molar-refractivity contribution in [1.29, 1.82) is 0 Å². The van der Waals surface area contributed by atoms with Gasteiger partial charge >= 0.3 is 0 Å². The van der Waals surface area contributed by atoms with Crippen LogP contribution < -0.4 is 9.80 Å². The van der Waals surface area contributed by atoms with Gasteiger partial charge in [-0.1, -0.05) is 60.2 Å². The molecule has 1 saturated heterocycles. The molecular weight excluding hydrogens is 360 g/mol. The SMILES string of the molecule is Cc1ccc(N2CC(=O)N(c3cccc(C)c3C)C(c3ccccc3)C2=O)cc1. The molecule has 29 heavy (non-hydrogen) atoms. The van der Waals surface area contributed by atoms with Crippen LogP contribution >= 0.6 is 0 Å². The van der Waals surface area contributed by atoms with E-state index in [0.717, 1.165) is 33.6 Å². The van der Waals surface area contributed by atoms with E-state index in [4.69, 9.17) is 0 Å². The average Bonchev–Trinajstić information content (AvgIpc) is 2.73. The number of aryl methyl sites for hydroxylation is 2. The molecule has 0 saturated carbocycles. The molecular formula is C25H24N2O2. The Morgan fingerprint density at radius 1 is 0.793 bits per heavy atom. The summed E-state index contributed by atoms with van der Waals surface area (Å²) in [5, 5.41) is 0. The van der Waals surface area contributed by atoms with Crippen LogP contribution in [0, 0.1) is 20.8 Å². The van der Waals surface area contributed by atoms with Gasteiger partial charge in [-0.05, 0) is 55.7 Å². The van der Waals surface area contributed by atoms with Crippen molar-refractivity contribution in [2.24, 2.45) is 0 Å². The van der Waals surface area contributed by atoms with Gasteiger partial charge in [0, 0.05) is 11.4 Å². The maximum Gasteiger partial charge on any atom is 0.255 e.